The van der Waals surface area contributed by atoms with Crippen LogP contribution in [0.4, 0.5) is 18.0 Å². The van der Waals surface area contributed by atoms with Crippen LogP contribution in [0.15, 0.2) is 59.8 Å². The standard InChI is InChI=1S/C22H20F3N3O3/c1-27-17-12-28(11-13-4-3-5-15(10-13)22(23,24)25)20(29)18(17)19(26-21(27)30)14-6-8-16(31-2)9-7-14/h3-10,19H,11-12H2,1-2H3,(H,26,30). The molecule has 1 atom stereocenters. The van der Waals surface area contributed by atoms with Crippen LogP contribution in [-0.4, -0.2) is 42.4 Å². The molecule has 2 aromatic rings. The minimum atomic E-state index is -4.46. The Labute approximate surface area is 176 Å². The average Bonchev–Trinajstić information content (AvgIpc) is 3.07. The lowest BCUT2D eigenvalue weighted by Crippen LogP contribution is -2.45. The molecule has 2 aromatic carbocycles. The molecule has 0 fully saturated rings. The van der Waals surface area contributed by atoms with Gasteiger partial charge in [-0.25, -0.2) is 4.79 Å². The molecule has 0 aromatic heterocycles. The van der Waals surface area contributed by atoms with Crippen molar-refractivity contribution < 1.29 is 27.5 Å². The number of halogens is 3. The smallest absolute Gasteiger partial charge is 0.416 e. The number of urea groups is 1. The van der Waals surface area contributed by atoms with Gasteiger partial charge in [0.1, 0.15) is 5.75 Å². The molecule has 0 saturated carbocycles. The summed E-state index contributed by atoms with van der Waals surface area (Å²) in [5.74, 6) is 0.321. The summed E-state index contributed by atoms with van der Waals surface area (Å²) in [6.45, 7) is 0.147. The van der Waals surface area contributed by atoms with Crippen LogP contribution in [0.25, 0.3) is 0 Å². The topological polar surface area (TPSA) is 61.9 Å². The first-order valence-electron chi connectivity index (χ1n) is 9.55. The summed E-state index contributed by atoms with van der Waals surface area (Å²) in [6, 6.07) is 10.9. The molecule has 0 saturated heterocycles. The summed E-state index contributed by atoms with van der Waals surface area (Å²) in [5.41, 5.74) is 1.27. The summed E-state index contributed by atoms with van der Waals surface area (Å²) >= 11 is 0. The van der Waals surface area contributed by atoms with E-state index >= 15 is 0 Å². The fourth-order valence-corrected chi connectivity index (χ4v) is 3.86. The maximum absolute atomic E-state index is 13.2. The van der Waals surface area contributed by atoms with Gasteiger partial charge in [0.15, 0.2) is 0 Å². The number of nitrogens with one attached hydrogen (secondary N) is 1. The number of ether oxygens (including phenoxy) is 1. The monoisotopic (exact) mass is 431 g/mol. The minimum Gasteiger partial charge on any atom is -0.497 e. The van der Waals surface area contributed by atoms with Gasteiger partial charge in [-0.15, -0.1) is 0 Å². The molecule has 31 heavy (non-hydrogen) atoms. The van der Waals surface area contributed by atoms with E-state index in [0.29, 0.717) is 28.1 Å². The lowest BCUT2D eigenvalue weighted by molar-refractivity contribution is -0.137. The van der Waals surface area contributed by atoms with Crippen molar-refractivity contribution in [2.24, 2.45) is 0 Å². The highest BCUT2D eigenvalue weighted by molar-refractivity contribution is 6.01. The first-order chi connectivity index (χ1) is 14.7. The molecule has 1 N–H and O–H groups in total. The first-order valence-corrected chi connectivity index (χ1v) is 9.55. The zero-order valence-electron chi connectivity index (χ0n) is 16.9. The van der Waals surface area contributed by atoms with E-state index in [2.05, 4.69) is 5.32 Å². The minimum absolute atomic E-state index is 0.00706. The molecule has 0 aliphatic carbocycles. The maximum atomic E-state index is 13.2. The van der Waals surface area contributed by atoms with Crippen molar-refractivity contribution in [3.8, 4) is 5.75 Å². The SMILES string of the molecule is COc1ccc(C2NC(=O)N(C)C3=C2C(=O)N(Cc2cccc(C(F)(F)F)c2)C3)cc1. The number of carbonyl (C=O) groups is 2. The van der Waals surface area contributed by atoms with Gasteiger partial charge in [-0.05, 0) is 35.4 Å². The van der Waals surface area contributed by atoms with E-state index < -0.39 is 17.8 Å². The highest BCUT2D eigenvalue weighted by Crippen LogP contribution is 2.37. The Hall–Kier alpha value is -3.49. The zero-order chi connectivity index (χ0) is 22.3. The Morgan fingerprint density at radius 1 is 1.13 bits per heavy atom. The highest BCUT2D eigenvalue weighted by Gasteiger charge is 2.43. The summed E-state index contributed by atoms with van der Waals surface area (Å²) in [6.07, 6.45) is -4.46. The molecule has 0 radical (unpaired) electrons. The molecular formula is C22H20F3N3O3. The maximum Gasteiger partial charge on any atom is 0.416 e. The average molecular weight is 431 g/mol. The molecule has 2 aliphatic rings. The van der Waals surface area contributed by atoms with Crippen LogP contribution in [0, 0.1) is 0 Å². The number of benzene rings is 2. The molecule has 162 valence electrons. The summed E-state index contributed by atoms with van der Waals surface area (Å²) in [5, 5.41) is 2.83. The quantitative estimate of drug-likeness (QED) is 0.803. The highest BCUT2D eigenvalue weighted by atomic mass is 19.4. The van der Waals surface area contributed by atoms with Crippen molar-refractivity contribution in [2.45, 2.75) is 18.8 Å². The van der Waals surface area contributed by atoms with Crippen LogP contribution in [0.2, 0.25) is 0 Å². The molecule has 0 spiro atoms. The second kappa shape index (κ2) is 7.64. The molecular weight excluding hydrogens is 411 g/mol. The van der Waals surface area contributed by atoms with E-state index in [1.54, 1.807) is 44.5 Å². The van der Waals surface area contributed by atoms with Crippen molar-refractivity contribution in [3.63, 3.8) is 0 Å². The normalized spacial score (nSPS) is 18.9. The third-order valence-electron chi connectivity index (χ3n) is 5.51. The number of nitrogens with zero attached hydrogens (tertiary/aromatic N) is 2. The summed E-state index contributed by atoms with van der Waals surface area (Å²) in [7, 11) is 3.11. The van der Waals surface area contributed by atoms with Gasteiger partial charge in [-0.1, -0.05) is 24.3 Å². The Balaban J connectivity index is 1.63. The van der Waals surface area contributed by atoms with Gasteiger partial charge in [0, 0.05) is 13.6 Å². The van der Waals surface area contributed by atoms with Crippen LogP contribution in [0.3, 0.4) is 0 Å². The van der Waals surface area contributed by atoms with E-state index in [1.165, 1.54) is 15.9 Å². The van der Waals surface area contributed by atoms with Gasteiger partial charge in [-0.3, -0.25) is 9.69 Å². The van der Waals surface area contributed by atoms with Gasteiger partial charge in [-0.2, -0.15) is 13.2 Å². The van der Waals surface area contributed by atoms with E-state index in [0.717, 1.165) is 12.1 Å². The van der Waals surface area contributed by atoms with Gasteiger partial charge in [0.05, 0.1) is 36.5 Å². The van der Waals surface area contributed by atoms with Gasteiger partial charge < -0.3 is 15.0 Å². The third kappa shape index (κ3) is 3.83. The molecule has 9 heteroatoms. The molecule has 0 bridgehead atoms. The predicted octanol–water partition coefficient (Wildman–Crippen LogP) is 3.71. The number of hydrogen-bond acceptors (Lipinski definition) is 3. The molecule has 3 amide bonds. The van der Waals surface area contributed by atoms with Crippen molar-refractivity contribution in [1.29, 1.82) is 0 Å². The van der Waals surface area contributed by atoms with E-state index in [1.807, 2.05) is 0 Å². The molecule has 2 heterocycles. The van der Waals surface area contributed by atoms with Gasteiger partial charge in [0.25, 0.3) is 5.91 Å². The van der Waals surface area contributed by atoms with Crippen LogP contribution >= 0.6 is 0 Å². The van der Waals surface area contributed by atoms with Crippen LogP contribution in [-0.2, 0) is 17.5 Å². The van der Waals surface area contributed by atoms with Crippen LogP contribution in [0.5, 0.6) is 5.75 Å². The number of amides is 3. The second-order valence-electron chi connectivity index (χ2n) is 7.43. The summed E-state index contributed by atoms with van der Waals surface area (Å²) in [4.78, 5) is 28.5. The number of hydrogen-bond donors (Lipinski definition) is 1. The Kier molecular flexibility index (Phi) is 5.12. The third-order valence-corrected chi connectivity index (χ3v) is 5.51. The lowest BCUT2D eigenvalue weighted by Gasteiger charge is -2.31. The lowest BCUT2D eigenvalue weighted by atomic mass is 9.95. The van der Waals surface area contributed by atoms with Crippen LogP contribution in [0.1, 0.15) is 22.7 Å². The summed E-state index contributed by atoms with van der Waals surface area (Å²) < 4.78 is 44.3. The van der Waals surface area contributed by atoms with Gasteiger partial charge >= 0.3 is 12.2 Å². The fraction of sp³-hybridized carbons (Fsp3) is 0.273. The number of alkyl halides is 3. The number of rotatable bonds is 4. The van der Waals surface area contributed by atoms with Crippen molar-refractivity contribution in [1.82, 2.24) is 15.1 Å². The van der Waals surface area contributed by atoms with Crippen molar-refractivity contribution >= 4 is 11.9 Å². The van der Waals surface area contributed by atoms with Gasteiger partial charge in [0.2, 0.25) is 0 Å². The van der Waals surface area contributed by atoms with Crippen molar-refractivity contribution in [3.05, 3.63) is 76.5 Å². The molecule has 1 unspecified atom stereocenters. The molecule has 2 aliphatic heterocycles. The first kappa shape index (κ1) is 20.8. The number of methoxy groups -OCH3 is 1. The largest absolute Gasteiger partial charge is 0.497 e. The second-order valence-corrected chi connectivity index (χ2v) is 7.43. The molecule has 6 nitrogen and oxygen atoms in total. The van der Waals surface area contributed by atoms with E-state index in [-0.39, 0.29) is 25.0 Å². The Morgan fingerprint density at radius 2 is 1.84 bits per heavy atom. The van der Waals surface area contributed by atoms with Crippen molar-refractivity contribution in [2.75, 3.05) is 20.7 Å². The fourth-order valence-electron chi connectivity index (χ4n) is 3.86. The number of carbonyl (C=O) groups excluding carboxylic acids is 2. The van der Waals surface area contributed by atoms with E-state index in [9.17, 15) is 22.8 Å². The number of likely N-dealkylation sites (N-methyl/N-ethyl adjacent to an activating group) is 1. The Morgan fingerprint density at radius 3 is 2.48 bits per heavy atom. The predicted molar refractivity (Wildman–Crippen MR) is 106 cm³/mol. The molecule has 4 rings (SSSR count). The zero-order valence-corrected chi connectivity index (χ0v) is 16.9. The Bertz CT molecular complexity index is 1060. The van der Waals surface area contributed by atoms with E-state index in [4.69, 9.17) is 4.74 Å². The van der Waals surface area contributed by atoms with Crippen LogP contribution < -0.4 is 10.1 Å².